The summed E-state index contributed by atoms with van der Waals surface area (Å²) in [7, 11) is 0. The van der Waals surface area contributed by atoms with Crippen molar-refractivity contribution in [2.45, 2.75) is 25.7 Å². The number of aliphatic carboxylic acids is 1. The van der Waals surface area contributed by atoms with E-state index < -0.39 is 11.9 Å². The molecule has 2 unspecified atom stereocenters. The molecule has 1 aliphatic rings. The van der Waals surface area contributed by atoms with E-state index in [0.29, 0.717) is 13.0 Å². The Bertz CT molecular complexity index is 453. The Hall–Kier alpha value is -1.36. The normalized spacial score (nSPS) is 22.6. The van der Waals surface area contributed by atoms with E-state index in [1.807, 2.05) is 17.5 Å². The third-order valence-electron chi connectivity index (χ3n) is 3.34. The first-order valence-corrected chi connectivity index (χ1v) is 6.84. The van der Waals surface area contributed by atoms with Crippen molar-refractivity contribution in [1.29, 1.82) is 0 Å². The molecule has 2 N–H and O–H groups in total. The van der Waals surface area contributed by atoms with E-state index in [1.165, 1.54) is 4.88 Å². The molecular weight excluding hydrogens is 250 g/mol. The maximum absolute atomic E-state index is 11.8. The molecular formula is C13H17NO3S. The monoisotopic (exact) mass is 267 g/mol. The lowest BCUT2D eigenvalue weighted by Gasteiger charge is -2.23. The lowest BCUT2D eigenvalue weighted by atomic mass is 9.91. The molecule has 1 heterocycles. The van der Waals surface area contributed by atoms with Crippen molar-refractivity contribution < 1.29 is 14.7 Å². The van der Waals surface area contributed by atoms with Gasteiger partial charge in [-0.05, 0) is 17.9 Å². The van der Waals surface area contributed by atoms with Gasteiger partial charge in [0.15, 0.2) is 0 Å². The summed E-state index contributed by atoms with van der Waals surface area (Å²) in [5, 5.41) is 13.6. The first kappa shape index (κ1) is 13.1. The van der Waals surface area contributed by atoms with Crippen LogP contribution in [0.5, 0.6) is 0 Å². The zero-order valence-corrected chi connectivity index (χ0v) is 11.3. The summed E-state index contributed by atoms with van der Waals surface area (Å²) in [6.45, 7) is 4.68. The number of carbonyl (C=O) groups excluding carboxylic acids is 1. The van der Waals surface area contributed by atoms with Crippen LogP contribution in [-0.4, -0.2) is 23.5 Å². The van der Waals surface area contributed by atoms with E-state index >= 15 is 0 Å². The van der Waals surface area contributed by atoms with Crippen LogP contribution in [0.2, 0.25) is 0 Å². The van der Waals surface area contributed by atoms with E-state index in [2.05, 4.69) is 19.2 Å². The lowest BCUT2D eigenvalue weighted by molar-refractivity contribution is -0.140. The predicted molar refractivity (Wildman–Crippen MR) is 69.6 cm³/mol. The molecule has 0 spiro atoms. The first-order valence-electron chi connectivity index (χ1n) is 5.96. The third kappa shape index (κ3) is 2.72. The fraction of sp³-hybridized carbons (Fsp3) is 0.538. The molecule has 1 aliphatic carbocycles. The number of thiophene rings is 1. The Morgan fingerprint density at radius 1 is 1.50 bits per heavy atom. The van der Waals surface area contributed by atoms with E-state index in [-0.39, 0.29) is 17.2 Å². The van der Waals surface area contributed by atoms with Crippen molar-refractivity contribution in [1.82, 2.24) is 5.32 Å². The molecule has 1 saturated carbocycles. The Labute approximate surface area is 110 Å². The number of rotatable bonds is 5. The van der Waals surface area contributed by atoms with Gasteiger partial charge < -0.3 is 10.4 Å². The Balaban J connectivity index is 1.85. The maximum Gasteiger partial charge on any atom is 0.307 e. The quantitative estimate of drug-likeness (QED) is 0.855. The van der Waals surface area contributed by atoms with Crippen molar-refractivity contribution in [2.24, 2.45) is 11.8 Å². The van der Waals surface area contributed by atoms with Crippen molar-refractivity contribution in [3.8, 4) is 0 Å². The molecule has 18 heavy (non-hydrogen) atoms. The molecule has 0 radical (unpaired) electrons. The molecule has 2 atom stereocenters. The molecule has 1 aromatic heterocycles. The fourth-order valence-corrected chi connectivity index (χ4v) is 2.80. The number of hydrogen-bond acceptors (Lipinski definition) is 3. The number of amides is 1. The largest absolute Gasteiger partial charge is 0.481 e. The van der Waals surface area contributed by atoms with Gasteiger partial charge in [-0.3, -0.25) is 9.59 Å². The Kier molecular flexibility index (Phi) is 3.43. The number of carboxylic acid groups (broad SMARTS) is 1. The highest BCUT2D eigenvalue weighted by Crippen LogP contribution is 2.38. The minimum Gasteiger partial charge on any atom is -0.481 e. The minimum absolute atomic E-state index is 0.114. The number of carboxylic acids is 1. The number of nitrogens with one attached hydrogen (secondary N) is 1. The molecule has 2 rings (SSSR count). The van der Waals surface area contributed by atoms with Crippen molar-refractivity contribution >= 4 is 23.2 Å². The highest BCUT2D eigenvalue weighted by Gasteiger charge is 2.48. The van der Waals surface area contributed by atoms with Crippen LogP contribution in [0, 0.1) is 11.8 Å². The summed E-state index contributed by atoms with van der Waals surface area (Å²) in [4.78, 5) is 23.7. The average molecular weight is 267 g/mol. The molecule has 98 valence electrons. The summed E-state index contributed by atoms with van der Waals surface area (Å²) in [5.41, 5.74) is -0.114. The van der Waals surface area contributed by atoms with Crippen LogP contribution in [0.4, 0.5) is 0 Å². The summed E-state index contributed by atoms with van der Waals surface area (Å²) in [6.07, 6.45) is 0.473. The van der Waals surface area contributed by atoms with Gasteiger partial charge in [-0.15, -0.1) is 11.3 Å². The van der Waals surface area contributed by atoms with Crippen LogP contribution in [-0.2, 0) is 15.0 Å². The van der Waals surface area contributed by atoms with Gasteiger partial charge in [0.05, 0.1) is 11.8 Å². The second-order valence-corrected chi connectivity index (χ2v) is 6.31. The smallest absolute Gasteiger partial charge is 0.307 e. The predicted octanol–water partition coefficient (Wildman–Crippen LogP) is 1.86. The Morgan fingerprint density at radius 2 is 2.22 bits per heavy atom. The van der Waals surface area contributed by atoms with Crippen LogP contribution in [0.3, 0.4) is 0 Å². The summed E-state index contributed by atoms with van der Waals surface area (Å²) in [6, 6.07) is 4.04. The van der Waals surface area contributed by atoms with E-state index in [4.69, 9.17) is 5.11 Å². The molecule has 1 amide bonds. The molecule has 1 fully saturated rings. The van der Waals surface area contributed by atoms with E-state index in [9.17, 15) is 9.59 Å². The molecule has 0 aromatic carbocycles. The van der Waals surface area contributed by atoms with Crippen molar-refractivity contribution in [3.05, 3.63) is 22.4 Å². The molecule has 5 heteroatoms. The van der Waals surface area contributed by atoms with Gasteiger partial charge in [0.25, 0.3) is 0 Å². The van der Waals surface area contributed by atoms with Crippen LogP contribution in [0.25, 0.3) is 0 Å². The fourth-order valence-electron chi connectivity index (χ4n) is 1.95. The van der Waals surface area contributed by atoms with Crippen LogP contribution < -0.4 is 5.32 Å². The molecule has 0 saturated heterocycles. The topological polar surface area (TPSA) is 66.4 Å². The van der Waals surface area contributed by atoms with Gasteiger partial charge in [-0.1, -0.05) is 19.9 Å². The van der Waals surface area contributed by atoms with Gasteiger partial charge in [0.1, 0.15) is 0 Å². The Morgan fingerprint density at radius 3 is 2.72 bits per heavy atom. The summed E-state index contributed by atoms with van der Waals surface area (Å²) in [5.74, 6) is -1.81. The van der Waals surface area contributed by atoms with Gasteiger partial charge in [0.2, 0.25) is 5.91 Å². The molecule has 0 bridgehead atoms. The van der Waals surface area contributed by atoms with Crippen molar-refractivity contribution in [2.75, 3.05) is 6.54 Å². The highest BCUT2D eigenvalue weighted by molar-refractivity contribution is 7.10. The van der Waals surface area contributed by atoms with Crippen LogP contribution in [0.15, 0.2) is 17.5 Å². The summed E-state index contributed by atoms with van der Waals surface area (Å²) < 4.78 is 0. The van der Waals surface area contributed by atoms with Gasteiger partial charge in [-0.25, -0.2) is 0 Å². The van der Waals surface area contributed by atoms with E-state index in [0.717, 1.165) is 0 Å². The zero-order chi connectivity index (χ0) is 13.3. The van der Waals surface area contributed by atoms with Crippen molar-refractivity contribution in [3.63, 3.8) is 0 Å². The third-order valence-corrected chi connectivity index (χ3v) is 4.57. The number of hydrogen-bond donors (Lipinski definition) is 2. The molecule has 1 aromatic rings. The second kappa shape index (κ2) is 4.72. The highest BCUT2D eigenvalue weighted by atomic mass is 32.1. The standard InChI is InChI=1S/C13H17NO3S/c1-13(2,10-4-3-5-18-10)7-14-11(15)8-6-9(8)12(16)17/h3-5,8-9H,6-7H2,1-2H3,(H,14,15)(H,16,17). The number of carbonyl (C=O) groups is 2. The van der Waals surface area contributed by atoms with E-state index in [1.54, 1.807) is 11.3 Å². The molecule has 0 aliphatic heterocycles. The zero-order valence-electron chi connectivity index (χ0n) is 10.5. The van der Waals surface area contributed by atoms with Gasteiger partial charge in [-0.2, -0.15) is 0 Å². The van der Waals surface area contributed by atoms with Gasteiger partial charge in [0, 0.05) is 16.8 Å². The molecule has 4 nitrogen and oxygen atoms in total. The first-order chi connectivity index (χ1) is 8.42. The van der Waals surface area contributed by atoms with Crippen LogP contribution >= 0.6 is 11.3 Å². The SMILES string of the molecule is CC(C)(CNC(=O)C1CC1C(=O)O)c1cccs1. The second-order valence-electron chi connectivity index (χ2n) is 5.37. The van der Waals surface area contributed by atoms with Gasteiger partial charge >= 0.3 is 5.97 Å². The summed E-state index contributed by atoms with van der Waals surface area (Å²) >= 11 is 1.67. The lowest BCUT2D eigenvalue weighted by Crippen LogP contribution is -2.37. The average Bonchev–Trinajstić information content (AvgIpc) is 2.92. The minimum atomic E-state index is -0.868. The maximum atomic E-state index is 11.8. The van der Waals surface area contributed by atoms with Crippen LogP contribution in [0.1, 0.15) is 25.1 Å².